The molecule has 1 amide bonds. The third kappa shape index (κ3) is 7.62. The SMILES string of the molecule is O=C(CN(CC(=O)OCc1ccccc1)C(=O)CBr)OCc1ccccc1. The maximum atomic E-state index is 12.0. The molecule has 0 N–H and O–H groups in total. The number of benzene rings is 2. The topological polar surface area (TPSA) is 72.9 Å². The summed E-state index contributed by atoms with van der Waals surface area (Å²) in [5, 5.41) is -0.00900. The van der Waals surface area contributed by atoms with Crippen LogP contribution < -0.4 is 0 Å². The van der Waals surface area contributed by atoms with Crippen LogP contribution in [0, 0.1) is 0 Å². The summed E-state index contributed by atoms with van der Waals surface area (Å²) in [4.78, 5) is 37.2. The summed E-state index contributed by atoms with van der Waals surface area (Å²) in [6.07, 6.45) is 0. The van der Waals surface area contributed by atoms with E-state index in [1.165, 1.54) is 0 Å². The van der Waals surface area contributed by atoms with Crippen LogP contribution in [0.25, 0.3) is 0 Å². The molecule has 0 spiro atoms. The minimum atomic E-state index is -0.594. The van der Waals surface area contributed by atoms with Gasteiger partial charge in [0.25, 0.3) is 0 Å². The molecule has 0 unspecified atom stereocenters. The molecule has 2 rings (SSSR count). The number of carbonyl (C=O) groups is 3. The molecule has 7 heteroatoms. The molecule has 0 saturated heterocycles. The average Bonchev–Trinajstić information content (AvgIpc) is 2.71. The lowest BCUT2D eigenvalue weighted by molar-refractivity contribution is -0.154. The van der Waals surface area contributed by atoms with E-state index in [4.69, 9.17) is 9.47 Å². The van der Waals surface area contributed by atoms with E-state index in [2.05, 4.69) is 15.9 Å². The van der Waals surface area contributed by atoms with Crippen molar-refractivity contribution < 1.29 is 23.9 Å². The highest BCUT2D eigenvalue weighted by Crippen LogP contribution is 2.04. The molecule has 0 heterocycles. The fraction of sp³-hybridized carbons (Fsp3) is 0.250. The Kier molecular flexibility index (Phi) is 8.51. The highest BCUT2D eigenvalue weighted by Gasteiger charge is 2.21. The molecule has 142 valence electrons. The lowest BCUT2D eigenvalue weighted by Gasteiger charge is -2.20. The molecule has 0 aromatic heterocycles. The smallest absolute Gasteiger partial charge is 0.325 e. The summed E-state index contributed by atoms with van der Waals surface area (Å²) in [5.41, 5.74) is 1.68. The minimum absolute atomic E-state index is 0.00900. The second-order valence-electron chi connectivity index (χ2n) is 5.68. The summed E-state index contributed by atoms with van der Waals surface area (Å²) in [5.74, 6) is -1.59. The maximum absolute atomic E-state index is 12.0. The summed E-state index contributed by atoms with van der Waals surface area (Å²) >= 11 is 3.05. The molecule has 0 aliphatic rings. The summed E-state index contributed by atoms with van der Waals surface area (Å²) in [7, 11) is 0. The molecule has 0 aliphatic carbocycles. The van der Waals surface area contributed by atoms with E-state index < -0.39 is 17.8 Å². The molecule has 0 atom stereocenters. The fourth-order valence-electron chi connectivity index (χ4n) is 2.20. The Hall–Kier alpha value is -2.67. The summed E-state index contributed by atoms with van der Waals surface area (Å²) in [6.45, 7) is -0.432. The number of esters is 2. The second kappa shape index (κ2) is 11.1. The Morgan fingerprint density at radius 1 is 0.741 bits per heavy atom. The van der Waals surface area contributed by atoms with Crippen LogP contribution in [0.4, 0.5) is 0 Å². The monoisotopic (exact) mass is 433 g/mol. The molecule has 2 aromatic rings. The van der Waals surface area contributed by atoms with Crippen molar-refractivity contribution in [2.24, 2.45) is 0 Å². The van der Waals surface area contributed by atoms with Gasteiger partial charge in [0.1, 0.15) is 26.3 Å². The zero-order valence-electron chi connectivity index (χ0n) is 14.7. The number of carbonyl (C=O) groups excluding carboxylic acids is 3. The molecular formula is C20H20BrNO5. The van der Waals surface area contributed by atoms with Crippen LogP contribution in [-0.4, -0.2) is 41.2 Å². The Labute approximate surface area is 166 Å². The maximum Gasteiger partial charge on any atom is 0.325 e. The fourth-order valence-corrected chi connectivity index (χ4v) is 2.55. The Bertz CT molecular complexity index is 694. The minimum Gasteiger partial charge on any atom is -0.459 e. The third-order valence-electron chi connectivity index (χ3n) is 3.59. The van der Waals surface area contributed by atoms with Crippen LogP contribution >= 0.6 is 15.9 Å². The van der Waals surface area contributed by atoms with E-state index in [1.807, 2.05) is 60.7 Å². The predicted molar refractivity (Wildman–Crippen MR) is 103 cm³/mol. The largest absolute Gasteiger partial charge is 0.459 e. The van der Waals surface area contributed by atoms with Gasteiger partial charge in [0.15, 0.2) is 0 Å². The highest BCUT2D eigenvalue weighted by molar-refractivity contribution is 9.09. The van der Waals surface area contributed by atoms with Crippen LogP contribution in [0.3, 0.4) is 0 Å². The van der Waals surface area contributed by atoms with Crippen molar-refractivity contribution in [1.29, 1.82) is 0 Å². The molecule has 0 bridgehead atoms. The van der Waals surface area contributed by atoms with E-state index in [1.54, 1.807) is 0 Å². The lowest BCUT2D eigenvalue weighted by atomic mass is 10.2. The van der Waals surface area contributed by atoms with Crippen molar-refractivity contribution in [2.45, 2.75) is 13.2 Å². The first-order valence-electron chi connectivity index (χ1n) is 8.31. The highest BCUT2D eigenvalue weighted by atomic mass is 79.9. The van der Waals surface area contributed by atoms with Crippen molar-refractivity contribution in [3.05, 3.63) is 71.8 Å². The van der Waals surface area contributed by atoms with Gasteiger partial charge >= 0.3 is 11.9 Å². The molecule has 0 saturated carbocycles. The molecule has 0 radical (unpaired) electrons. The molecule has 2 aromatic carbocycles. The normalized spacial score (nSPS) is 10.1. The number of nitrogens with zero attached hydrogens (tertiary/aromatic N) is 1. The first-order chi connectivity index (χ1) is 13.1. The lowest BCUT2D eigenvalue weighted by Crippen LogP contribution is -2.41. The van der Waals surface area contributed by atoms with Crippen LogP contribution in [0.15, 0.2) is 60.7 Å². The zero-order valence-corrected chi connectivity index (χ0v) is 16.3. The van der Waals surface area contributed by atoms with Crippen molar-refractivity contribution in [3.8, 4) is 0 Å². The van der Waals surface area contributed by atoms with E-state index in [0.717, 1.165) is 16.0 Å². The Morgan fingerprint density at radius 3 is 1.52 bits per heavy atom. The standard InChI is InChI=1S/C20H20BrNO5/c21-11-18(23)22(12-19(24)26-14-16-7-3-1-4-8-16)13-20(25)27-15-17-9-5-2-6-10-17/h1-10H,11-15H2. The van der Waals surface area contributed by atoms with Gasteiger partial charge in [0, 0.05) is 0 Å². The molecule has 0 aliphatic heterocycles. The van der Waals surface area contributed by atoms with Crippen LogP contribution in [-0.2, 0) is 37.1 Å². The van der Waals surface area contributed by atoms with E-state index in [0.29, 0.717) is 0 Å². The number of hydrogen-bond donors (Lipinski definition) is 0. The van der Waals surface area contributed by atoms with Crippen LogP contribution in [0.1, 0.15) is 11.1 Å². The second-order valence-corrected chi connectivity index (χ2v) is 6.24. The van der Waals surface area contributed by atoms with Gasteiger partial charge < -0.3 is 14.4 Å². The van der Waals surface area contributed by atoms with Gasteiger partial charge in [-0.3, -0.25) is 14.4 Å². The van der Waals surface area contributed by atoms with Crippen molar-refractivity contribution in [3.63, 3.8) is 0 Å². The molecule has 6 nitrogen and oxygen atoms in total. The van der Waals surface area contributed by atoms with E-state index in [9.17, 15) is 14.4 Å². The van der Waals surface area contributed by atoms with Gasteiger partial charge in [0.2, 0.25) is 5.91 Å². The van der Waals surface area contributed by atoms with Gasteiger partial charge in [-0.05, 0) is 11.1 Å². The molecular weight excluding hydrogens is 414 g/mol. The number of rotatable bonds is 9. The number of hydrogen-bond acceptors (Lipinski definition) is 5. The molecule has 27 heavy (non-hydrogen) atoms. The number of amides is 1. The Balaban J connectivity index is 1.83. The number of halogens is 1. The summed E-state index contributed by atoms with van der Waals surface area (Å²) in [6, 6.07) is 18.4. The van der Waals surface area contributed by atoms with Gasteiger partial charge in [-0.1, -0.05) is 76.6 Å². The van der Waals surface area contributed by atoms with E-state index >= 15 is 0 Å². The van der Waals surface area contributed by atoms with Crippen molar-refractivity contribution in [1.82, 2.24) is 4.90 Å². The number of alkyl halides is 1. The summed E-state index contributed by atoms with van der Waals surface area (Å²) < 4.78 is 10.3. The first kappa shape index (κ1) is 20.6. The Morgan fingerprint density at radius 2 is 1.15 bits per heavy atom. The zero-order chi connectivity index (χ0) is 19.5. The van der Waals surface area contributed by atoms with Gasteiger partial charge in [-0.2, -0.15) is 0 Å². The quantitative estimate of drug-likeness (QED) is 0.448. The number of ether oxygens (including phenoxy) is 2. The van der Waals surface area contributed by atoms with Crippen molar-refractivity contribution >= 4 is 33.8 Å². The average molecular weight is 434 g/mol. The molecule has 0 fully saturated rings. The predicted octanol–water partition coefficient (Wildman–Crippen LogP) is 2.70. The van der Waals surface area contributed by atoms with Gasteiger partial charge in [0.05, 0.1) is 5.33 Å². The first-order valence-corrected chi connectivity index (χ1v) is 9.43. The van der Waals surface area contributed by atoms with Crippen LogP contribution in [0.2, 0.25) is 0 Å². The van der Waals surface area contributed by atoms with Gasteiger partial charge in [-0.15, -0.1) is 0 Å². The van der Waals surface area contributed by atoms with E-state index in [-0.39, 0.29) is 31.6 Å². The third-order valence-corrected chi connectivity index (χ3v) is 4.07. The van der Waals surface area contributed by atoms with Gasteiger partial charge in [-0.25, -0.2) is 0 Å². The van der Waals surface area contributed by atoms with Crippen LogP contribution in [0.5, 0.6) is 0 Å². The van der Waals surface area contributed by atoms with Crippen molar-refractivity contribution in [2.75, 3.05) is 18.4 Å².